The lowest BCUT2D eigenvalue weighted by Crippen LogP contribution is -2.41. The molecule has 278 valence electrons. The van der Waals surface area contributed by atoms with Gasteiger partial charge in [-0.25, -0.2) is 4.98 Å². The van der Waals surface area contributed by atoms with E-state index in [-0.39, 0.29) is 47.9 Å². The Morgan fingerprint density at radius 2 is 1.65 bits per heavy atom. The number of amides is 2. The zero-order valence-electron chi connectivity index (χ0n) is 32.1. The number of esters is 1. The second kappa shape index (κ2) is 15.3. The minimum absolute atomic E-state index is 0.160. The zero-order chi connectivity index (χ0) is 37.4. The monoisotopic (exact) mass is 709 g/mol. The molecule has 4 aliphatic heterocycles. The molecule has 0 aliphatic carbocycles. The highest BCUT2D eigenvalue weighted by Gasteiger charge is 2.41. The van der Waals surface area contributed by atoms with Crippen molar-refractivity contribution in [2.75, 3.05) is 13.2 Å². The second-order valence-corrected chi connectivity index (χ2v) is 15.1. The summed E-state index contributed by atoms with van der Waals surface area (Å²) in [6.07, 6.45) is 5.22. The number of aryl methyl sites for hydroxylation is 1. The van der Waals surface area contributed by atoms with Crippen LogP contribution in [0.25, 0.3) is 22.2 Å². The summed E-state index contributed by atoms with van der Waals surface area (Å²) in [5, 5.41) is 11.0. The van der Waals surface area contributed by atoms with Gasteiger partial charge in [-0.05, 0) is 75.8 Å². The van der Waals surface area contributed by atoms with Crippen LogP contribution in [0.3, 0.4) is 0 Å². The van der Waals surface area contributed by atoms with Crippen LogP contribution in [0.15, 0.2) is 18.2 Å². The number of imide groups is 1. The van der Waals surface area contributed by atoms with E-state index in [9.17, 15) is 19.5 Å². The number of aliphatic hydroxyl groups excluding tert-OH is 1. The Balaban J connectivity index is 1.68. The van der Waals surface area contributed by atoms with Crippen LogP contribution in [0.2, 0.25) is 0 Å². The van der Waals surface area contributed by atoms with Gasteiger partial charge in [-0.3, -0.25) is 24.3 Å². The lowest BCUT2D eigenvalue weighted by Gasteiger charge is -2.27. The summed E-state index contributed by atoms with van der Waals surface area (Å²) in [6.45, 7) is 16.9. The van der Waals surface area contributed by atoms with Crippen molar-refractivity contribution in [2.45, 2.75) is 137 Å². The van der Waals surface area contributed by atoms with Crippen molar-refractivity contribution >= 4 is 40.0 Å². The molecule has 52 heavy (non-hydrogen) atoms. The Bertz CT molecular complexity index is 1990. The second-order valence-electron chi connectivity index (χ2n) is 15.1. The zero-order valence-corrected chi connectivity index (χ0v) is 32.1. The number of rotatable bonds is 12. The summed E-state index contributed by atoms with van der Waals surface area (Å²) in [5.41, 5.74) is 9.38. The number of carbonyl (C=O) groups is 3. The summed E-state index contributed by atoms with van der Waals surface area (Å²) >= 11 is 0. The normalized spacial score (nSPS) is 21.1. The maximum absolute atomic E-state index is 14.7. The minimum Gasteiger partial charge on any atom is -0.466 e. The third-order valence-corrected chi connectivity index (χ3v) is 11.6. The van der Waals surface area contributed by atoms with Crippen LogP contribution in [0, 0.1) is 6.92 Å². The first-order chi connectivity index (χ1) is 24.9. The van der Waals surface area contributed by atoms with Crippen LogP contribution >= 0.6 is 0 Å². The third kappa shape index (κ3) is 6.70. The Morgan fingerprint density at radius 3 is 2.35 bits per heavy atom. The summed E-state index contributed by atoms with van der Waals surface area (Å²) in [7, 11) is 0. The summed E-state index contributed by atoms with van der Waals surface area (Å²) in [5.74, 6) is -1.04. The Labute approximate surface area is 307 Å². The molecular weight excluding hydrogens is 654 g/mol. The SMILES string of the molecule is CCCCCCN1C(=O)c2c3nc(cc4nc(cc5[nH]c(cc6[nH]c2c(c6C)C1=O)[C@H](CC)[C@H]5C)C(C(C)O)=C4C)[C@@H](C)[C@@H]3CCC(=O)OCCC. The fraction of sp³-hybridized carbons (Fsp3) is 0.548. The van der Waals surface area contributed by atoms with Gasteiger partial charge in [0, 0.05) is 64.8 Å². The first kappa shape index (κ1) is 37.4. The van der Waals surface area contributed by atoms with Gasteiger partial charge in [0.1, 0.15) is 0 Å². The molecule has 5 atom stereocenters. The molecule has 3 N–H and O–H groups in total. The number of nitrogens with zero attached hydrogens (tertiary/aromatic N) is 3. The number of aromatic amines is 2. The summed E-state index contributed by atoms with van der Waals surface area (Å²) in [4.78, 5) is 60.8. The third-order valence-electron chi connectivity index (χ3n) is 11.6. The average molecular weight is 710 g/mol. The molecule has 0 saturated heterocycles. The molecule has 8 bridgehead atoms. The van der Waals surface area contributed by atoms with Gasteiger partial charge in [-0.1, -0.05) is 53.9 Å². The van der Waals surface area contributed by atoms with Gasteiger partial charge in [0.2, 0.25) is 0 Å². The van der Waals surface area contributed by atoms with E-state index in [1.807, 2.05) is 26.8 Å². The molecule has 2 aromatic rings. The van der Waals surface area contributed by atoms with E-state index >= 15 is 0 Å². The van der Waals surface area contributed by atoms with Crippen LogP contribution in [0.5, 0.6) is 0 Å². The molecule has 6 rings (SSSR count). The van der Waals surface area contributed by atoms with Gasteiger partial charge < -0.3 is 19.8 Å². The summed E-state index contributed by atoms with van der Waals surface area (Å²) < 4.78 is 5.45. The smallest absolute Gasteiger partial charge is 0.305 e. The number of aromatic nitrogens is 4. The topological polar surface area (TPSA) is 141 Å². The number of hydrogen-bond donors (Lipinski definition) is 3. The van der Waals surface area contributed by atoms with E-state index < -0.39 is 6.10 Å². The molecule has 6 heterocycles. The molecule has 0 fully saturated rings. The minimum atomic E-state index is -0.737. The quantitative estimate of drug-likeness (QED) is 0.114. The number of allylic oxidation sites excluding steroid dienone is 1. The number of ether oxygens (including phenoxy) is 1. The maximum atomic E-state index is 14.7. The van der Waals surface area contributed by atoms with Crippen LogP contribution in [0.1, 0.15) is 184 Å². The molecule has 2 aromatic heterocycles. The molecule has 0 aromatic carbocycles. The van der Waals surface area contributed by atoms with Crippen molar-refractivity contribution < 1.29 is 24.2 Å². The van der Waals surface area contributed by atoms with Crippen molar-refractivity contribution in [3.8, 4) is 0 Å². The number of carbonyl (C=O) groups excluding carboxylic acids is 3. The van der Waals surface area contributed by atoms with Gasteiger partial charge >= 0.3 is 5.97 Å². The number of H-pyrrole nitrogens is 2. The van der Waals surface area contributed by atoms with Gasteiger partial charge in [-0.15, -0.1) is 0 Å². The van der Waals surface area contributed by atoms with Crippen molar-refractivity contribution in [3.05, 3.63) is 69.1 Å². The number of fused-ring (bicyclic) bond motifs is 8. The number of aliphatic hydroxyl groups is 1. The van der Waals surface area contributed by atoms with Crippen LogP contribution in [-0.2, 0) is 9.53 Å². The first-order valence-electron chi connectivity index (χ1n) is 19.4. The highest BCUT2D eigenvalue weighted by molar-refractivity contribution is 6.23. The van der Waals surface area contributed by atoms with E-state index in [2.05, 4.69) is 49.8 Å². The van der Waals surface area contributed by atoms with E-state index in [1.54, 1.807) is 6.92 Å². The van der Waals surface area contributed by atoms with E-state index in [0.29, 0.717) is 53.3 Å². The molecule has 4 aliphatic rings. The summed E-state index contributed by atoms with van der Waals surface area (Å²) in [6, 6.07) is 6.11. The van der Waals surface area contributed by atoms with Crippen molar-refractivity contribution in [3.63, 3.8) is 0 Å². The van der Waals surface area contributed by atoms with Crippen molar-refractivity contribution in [1.82, 2.24) is 24.8 Å². The molecule has 1 unspecified atom stereocenters. The number of hydrogen-bond acceptors (Lipinski definition) is 7. The molecule has 0 radical (unpaired) electrons. The lowest BCUT2D eigenvalue weighted by atomic mass is 9.84. The van der Waals surface area contributed by atoms with E-state index in [4.69, 9.17) is 14.7 Å². The molecule has 10 heteroatoms. The standard InChI is InChI=1S/C42H55N5O5/c1-9-12-13-14-17-47-41(50)37-25(7)32-20-33-27(11-3)22(4)29(43-33)21-34-36(26(8)48)24(6)31(44-34)19-30-23(5)28(15-16-35(49)52-18-10-2)39(45-30)38(42(47)51)40(37)46-32/h19-23,26-28,43,46,48H,9-18H2,1-8H3/t22-,23+,26?,27-,28+/m1/s1. The average Bonchev–Trinajstić information content (AvgIpc) is 3.79. The fourth-order valence-electron chi connectivity index (χ4n) is 8.51. The Kier molecular flexibility index (Phi) is 11.1. The predicted octanol–water partition coefficient (Wildman–Crippen LogP) is 8.75. The van der Waals surface area contributed by atoms with Crippen LogP contribution in [0.4, 0.5) is 0 Å². The van der Waals surface area contributed by atoms with Gasteiger partial charge in [0.15, 0.2) is 0 Å². The molecular formula is C42H55N5O5. The van der Waals surface area contributed by atoms with Gasteiger partial charge in [0.05, 0.1) is 46.4 Å². The Hall–Kier alpha value is -4.31. The van der Waals surface area contributed by atoms with Gasteiger partial charge in [0.25, 0.3) is 11.8 Å². The molecule has 10 nitrogen and oxygen atoms in total. The highest BCUT2D eigenvalue weighted by Crippen LogP contribution is 2.45. The molecule has 0 saturated carbocycles. The Morgan fingerprint density at radius 1 is 0.904 bits per heavy atom. The lowest BCUT2D eigenvalue weighted by molar-refractivity contribution is -0.143. The van der Waals surface area contributed by atoms with E-state index in [1.165, 1.54) is 4.90 Å². The van der Waals surface area contributed by atoms with Crippen molar-refractivity contribution in [1.29, 1.82) is 0 Å². The largest absolute Gasteiger partial charge is 0.466 e. The van der Waals surface area contributed by atoms with Crippen LogP contribution < -0.4 is 0 Å². The van der Waals surface area contributed by atoms with Gasteiger partial charge in [-0.2, -0.15) is 0 Å². The maximum Gasteiger partial charge on any atom is 0.305 e. The molecule has 2 amide bonds. The number of nitrogens with one attached hydrogen (secondary N) is 2. The highest BCUT2D eigenvalue weighted by atomic mass is 16.5. The fourth-order valence-corrected chi connectivity index (χ4v) is 8.51. The van der Waals surface area contributed by atoms with Crippen LogP contribution in [-0.4, -0.2) is 67.0 Å². The van der Waals surface area contributed by atoms with Crippen molar-refractivity contribution in [2.24, 2.45) is 0 Å². The number of unbranched alkanes of at least 4 members (excludes halogenated alkanes) is 3. The molecule has 0 spiro atoms. The predicted molar refractivity (Wildman–Crippen MR) is 204 cm³/mol. The van der Waals surface area contributed by atoms with E-state index in [0.717, 1.165) is 77.8 Å². The first-order valence-corrected chi connectivity index (χ1v) is 19.4.